The van der Waals surface area contributed by atoms with E-state index in [4.69, 9.17) is 19.1 Å². The number of carbonyl (C=O) groups excluding carboxylic acids is 2. The summed E-state index contributed by atoms with van der Waals surface area (Å²) in [5, 5.41) is 18.2. The first-order valence-electron chi connectivity index (χ1n) is 18.6. The van der Waals surface area contributed by atoms with Gasteiger partial charge in [-0.2, -0.15) is 0 Å². The van der Waals surface area contributed by atoms with Gasteiger partial charge in [-0.15, -0.1) is 0 Å². The smallest absolute Gasteiger partial charge is 0.462 e. The fourth-order valence-electron chi connectivity index (χ4n) is 4.99. The van der Waals surface area contributed by atoms with Gasteiger partial charge in [0.15, 0.2) is 6.10 Å². The molecule has 0 rings (SSSR count). The van der Waals surface area contributed by atoms with Crippen LogP contribution in [0.1, 0.15) is 168 Å². The summed E-state index contributed by atoms with van der Waals surface area (Å²) in [5.41, 5.74) is 0. The van der Waals surface area contributed by atoms with Crippen LogP contribution in [0.15, 0.2) is 12.2 Å². The summed E-state index contributed by atoms with van der Waals surface area (Å²) in [5.74, 6) is -0.933. The Hall–Kier alpha value is -1.29. The highest BCUT2D eigenvalue weighted by atomic mass is 31.2. The average Bonchev–Trinajstić information content (AvgIpc) is 3.05. The summed E-state index contributed by atoms with van der Waals surface area (Å²) in [6.45, 7) is 2.30. The van der Waals surface area contributed by atoms with E-state index in [-0.39, 0.29) is 19.4 Å². The van der Waals surface area contributed by atoms with Crippen LogP contribution in [-0.4, -0.2) is 65.7 Å². The van der Waals surface area contributed by atoms with Crippen molar-refractivity contribution in [3.05, 3.63) is 12.2 Å². The molecule has 0 heterocycles. The van der Waals surface area contributed by atoms with E-state index >= 15 is 0 Å². The second-order valence-electron chi connectivity index (χ2n) is 12.6. The van der Waals surface area contributed by atoms with Crippen molar-refractivity contribution >= 4 is 19.8 Å². The highest BCUT2D eigenvalue weighted by molar-refractivity contribution is 7.47. The fourth-order valence-corrected chi connectivity index (χ4v) is 5.78. The van der Waals surface area contributed by atoms with Crippen molar-refractivity contribution in [1.82, 2.24) is 0 Å². The van der Waals surface area contributed by atoms with E-state index in [1.165, 1.54) is 64.2 Å². The minimum Gasteiger partial charge on any atom is -0.462 e. The molecule has 0 aromatic carbocycles. The minimum atomic E-state index is -4.60. The van der Waals surface area contributed by atoms with Crippen LogP contribution >= 0.6 is 7.82 Å². The Morgan fingerprint density at radius 1 is 0.617 bits per heavy atom. The fraction of sp³-hybridized carbons (Fsp3) is 0.889. The van der Waals surface area contributed by atoms with Gasteiger partial charge in [-0.1, -0.05) is 135 Å². The number of aliphatic hydroxyl groups is 2. The maximum atomic E-state index is 12.5. The van der Waals surface area contributed by atoms with E-state index in [1.807, 2.05) is 0 Å². The number of ether oxygens (including phenoxy) is 2. The summed E-state index contributed by atoms with van der Waals surface area (Å²) >= 11 is 0. The number of phosphoric ester groups is 1. The number of hydrogen-bond donors (Lipinski definition) is 3. The third kappa shape index (κ3) is 33.0. The van der Waals surface area contributed by atoms with E-state index in [2.05, 4.69) is 30.5 Å². The van der Waals surface area contributed by atoms with Gasteiger partial charge in [0.05, 0.1) is 19.8 Å². The topological polar surface area (TPSA) is 149 Å². The second-order valence-corrected chi connectivity index (χ2v) is 14.1. The molecule has 3 unspecified atom stereocenters. The molecule has 0 radical (unpaired) electrons. The normalized spacial score (nSPS) is 14.2. The SMILES string of the molecule is CCC/C=C\CCCCCCCC(=O)OC(COC(=O)CCCCCCCCCCCCCCCC)COP(=O)(O)OCC(O)CO. The second kappa shape index (κ2) is 33.2. The van der Waals surface area contributed by atoms with Crippen LogP contribution in [0.5, 0.6) is 0 Å². The Kier molecular flexibility index (Phi) is 32.3. The predicted molar refractivity (Wildman–Crippen MR) is 187 cm³/mol. The van der Waals surface area contributed by atoms with Crippen molar-refractivity contribution in [3.63, 3.8) is 0 Å². The molecule has 0 aliphatic rings. The van der Waals surface area contributed by atoms with E-state index < -0.39 is 51.8 Å². The molecule has 0 aliphatic carbocycles. The van der Waals surface area contributed by atoms with Gasteiger partial charge in [0, 0.05) is 12.8 Å². The van der Waals surface area contributed by atoms with E-state index in [1.54, 1.807) is 0 Å². The van der Waals surface area contributed by atoms with Crippen molar-refractivity contribution in [2.75, 3.05) is 26.4 Å². The summed E-state index contributed by atoms with van der Waals surface area (Å²) in [6.07, 6.45) is 27.6. The molecule has 0 amide bonds. The summed E-state index contributed by atoms with van der Waals surface area (Å²) < 4.78 is 32.5. The van der Waals surface area contributed by atoms with Gasteiger partial charge in [-0.3, -0.25) is 18.6 Å². The molecule has 0 fully saturated rings. The molecule has 10 nitrogen and oxygen atoms in total. The van der Waals surface area contributed by atoms with Crippen molar-refractivity contribution in [3.8, 4) is 0 Å². The molecule has 11 heteroatoms. The van der Waals surface area contributed by atoms with Crippen LogP contribution in [0.4, 0.5) is 0 Å². The number of phosphoric acid groups is 1. The van der Waals surface area contributed by atoms with Crippen molar-refractivity contribution in [1.29, 1.82) is 0 Å². The molecule has 3 atom stereocenters. The number of rotatable bonds is 35. The number of hydrogen-bond acceptors (Lipinski definition) is 9. The molecule has 3 N–H and O–H groups in total. The Balaban J connectivity index is 4.34. The van der Waals surface area contributed by atoms with E-state index in [0.717, 1.165) is 64.2 Å². The first-order chi connectivity index (χ1) is 22.7. The number of carbonyl (C=O) groups is 2. The summed E-state index contributed by atoms with van der Waals surface area (Å²) in [6, 6.07) is 0. The van der Waals surface area contributed by atoms with Crippen LogP contribution in [0.25, 0.3) is 0 Å². The maximum Gasteiger partial charge on any atom is 0.472 e. The summed E-state index contributed by atoms with van der Waals surface area (Å²) in [7, 11) is -4.60. The Labute approximate surface area is 286 Å². The average molecular weight is 693 g/mol. The zero-order valence-corrected chi connectivity index (χ0v) is 30.6. The third-order valence-corrected chi connectivity index (χ3v) is 8.85. The van der Waals surface area contributed by atoms with Gasteiger partial charge in [-0.25, -0.2) is 4.57 Å². The monoisotopic (exact) mass is 692 g/mol. The lowest BCUT2D eigenvalue weighted by molar-refractivity contribution is -0.161. The zero-order chi connectivity index (χ0) is 34.9. The van der Waals surface area contributed by atoms with Crippen LogP contribution in [0.3, 0.4) is 0 Å². The molecule has 0 aromatic heterocycles. The van der Waals surface area contributed by atoms with Crippen LogP contribution in [0, 0.1) is 0 Å². The molecule has 0 aliphatic heterocycles. The van der Waals surface area contributed by atoms with Gasteiger partial charge < -0.3 is 24.6 Å². The number of unbranched alkanes of at least 4 members (excludes halogenated alkanes) is 19. The molecular weight excluding hydrogens is 623 g/mol. The minimum absolute atomic E-state index is 0.176. The predicted octanol–water partition coefficient (Wildman–Crippen LogP) is 8.89. The maximum absolute atomic E-state index is 12.5. The van der Waals surface area contributed by atoms with Gasteiger partial charge in [0.1, 0.15) is 12.7 Å². The molecule has 0 spiro atoms. The summed E-state index contributed by atoms with van der Waals surface area (Å²) in [4.78, 5) is 34.7. The molecule has 0 aromatic rings. The first kappa shape index (κ1) is 45.7. The van der Waals surface area contributed by atoms with Crippen molar-refractivity contribution in [2.24, 2.45) is 0 Å². The Bertz CT molecular complexity index is 807. The molecule has 278 valence electrons. The van der Waals surface area contributed by atoms with Crippen LogP contribution in [0.2, 0.25) is 0 Å². The number of esters is 2. The van der Waals surface area contributed by atoms with Gasteiger partial charge >= 0.3 is 19.8 Å². The van der Waals surface area contributed by atoms with E-state index in [0.29, 0.717) is 12.8 Å². The lowest BCUT2D eigenvalue weighted by Crippen LogP contribution is -2.29. The quantitative estimate of drug-likeness (QED) is 0.0254. The molecule has 0 bridgehead atoms. The van der Waals surface area contributed by atoms with E-state index in [9.17, 15) is 24.2 Å². The van der Waals surface area contributed by atoms with Crippen LogP contribution in [-0.2, 0) is 32.7 Å². The first-order valence-corrected chi connectivity index (χ1v) is 20.1. The highest BCUT2D eigenvalue weighted by Gasteiger charge is 2.27. The van der Waals surface area contributed by atoms with Gasteiger partial charge in [-0.05, 0) is 32.1 Å². The Morgan fingerprint density at radius 3 is 1.62 bits per heavy atom. The molecular formula is C36H69O10P. The molecule has 0 saturated heterocycles. The largest absolute Gasteiger partial charge is 0.472 e. The highest BCUT2D eigenvalue weighted by Crippen LogP contribution is 2.43. The van der Waals surface area contributed by atoms with Crippen LogP contribution < -0.4 is 0 Å². The third-order valence-electron chi connectivity index (χ3n) is 7.90. The van der Waals surface area contributed by atoms with Gasteiger partial charge in [0.25, 0.3) is 0 Å². The van der Waals surface area contributed by atoms with Crippen molar-refractivity contribution < 1.29 is 47.8 Å². The lowest BCUT2D eigenvalue weighted by Gasteiger charge is -2.20. The van der Waals surface area contributed by atoms with Crippen molar-refractivity contribution in [2.45, 2.75) is 180 Å². The molecule has 47 heavy (non-hydrogen) atoms. The number of aliphatic hydroxyl groups excluding tert-OH is 2. The zero-order valence-electron chi connectivity index (χ0n) is 29.8. The Morgan fingerprint density at radius 2 is 1.09 bits per heavy atom. The number of allylic oxidation sites excluding steroid dienone is 2. The lowest BCUT2D eigenvalue weighted by atomic mass is 10.0. The standard InChI is InChI=1S/C36H69O10P/c1-3-5-7-9-11-13-15-16-17-18-20-21-23-25-27-35(39)43-31-34(32-45-47(41,42)44-30-33(38)29-37)46-36(40)28-26-24-22-19-14-12-10-8-6-4-2/h8,10,33-34,37-38H,3-7,9,11-32H2,1-2H3,(H,41,42)/b10-8-. The van der Waals surface area contributed by atoms with Gasteiger partial charge in [0.2, 0.25) is 0 Å². The molecule has 0 saturated carbocycles.